The number of carbonyl (C=O) groups excluding carboxylic acids is 1. The lowest BCUT2D eigenvalue weighted by atomic mass is 9.49. The molecule has 1 saturated carbocycles. The van der Waals surface area contributed by atoms with Gasteiger partial charge in [-0.1, -0.05) is 29.8 Å². The largest absolute Gasteiger partial charge is 0.469 e. The second kappa shape index (κ2) is 4.27. The van der Waals surface area contributed by atoms with Gasteiger partial charge in [0.05, 0.1) is 24.5 Å². The molecule has 3 saturated heterocycles. The standard InChI is InChI=1S/C20H22N2O3/c1-3-11-10-22-15-8-12(11)17(18(23)24-2)19-9-16(22)25-20(15,19)21-14-7-5-4-6-13(14)19/h3-7,12,15-17,21H,8-10H2,1-2H3/b11-3-/t12-,15-,16-,17+,19-,20-/m0/s1. The minimum atomic E-state index is -0.490. The molecule has 25 heavy (non-hydrogen) atoms. The summed E-state index contributed by atoms with van der Waals surface area (Å²) in [7, 11) is 1.52. The van der Waals surface area contributed by atoms with Crippen molar-refractivity contribution in [2.75, 3.05) is 19.0 Å². The van der Waals surface area contributed by atoms with Gasteiger partial charge < -0.3 is 14.8 Å². The predicted octanol–water partition coefficient (Wildman–Crippen LogP) is 2.25. The van der Waals surface area contributed by atoms with Crippen LogP contribution in [0.2, 0.25) is 0 Å². The van der Waals surface area contributed by atoms with Crippen LogP contribution >= 0.6 is 0 Å². The van der Waals surface area contributed by atoms with Crippen molar-refractivity contribution >= 4 is 11.7 Å². The van der Waals surface area contributed by atoms with E-state index in [9.17, 15) is 4.79 Å². The minimum absolute atomic E-state index is 0.0780. The third-order valence-electron chi connectivity index (χ3n) is 7.53. The van der Waals surface area contributed by atoms with Crippen LogP contribution in [0, 0.1) is 11.8 Å². The zero-order valence-electron chi connectivity index (χ0n) is 14.5. The van der Waals surface area contributed by atoms with E-state index in [-0.39, 0.29) is 29.4 Å². The van der Waals surface area contributed by atoms with Gasteiger partial charge in [0.25, 0.3) is 0 Å². The summed E-state index contributed by atoms with van der Waals surface area (Å²) in [6.07, 6.45) is 4.10. The summed E-state index contributed by atoms with van der Waals surface area (Å²) in [6.45, 7) is 2.99. The third kappa shape index (κ3) is 1.30. The summed E-state index contributed by atoms with van der Waals surface area (Å²) in [6, 6.07) is 8.74. The highest BCUT2D eigenvalue weighted by Gasteiger charge is 2.82. The fourth-order valence-corrected chi connectivity index (χ4v) is 6.75. The second-order valence-electron chi connectivity index (χ2n) is 8.05. The van der Waals surface area contributed by atoms with Gasteiger partial charge in [-0.05, 0) is 30.9 Å². The molecule has 4 aliphatic heterocycles. The van der Waals surface area contributed by atoms with E-state index in [2.05, 4.69) is 47.5 Å². The molecule has 5 nitrogen and oxygen atoms in total. The minimum Gasteiger partial charge on any atom is -0.469 e. The smallest absolute Gasteiger partial charge is 0.310 e. The summed E-state index contributed by atoms with van der Waals surface area (Å²) in [5, 5.41) is 3.73. The van der Waals surface area contributed by atoms with Crippen LogP contribution in [0.3, 0.4) is 0 Å². The van der Waals surface area contributed by atoms with E-state index in [0.717, 1.165) is 25.1 Å². The molecule has 6 rings (SSSR count). The number of carbonyl (C=O) groups is 1. The molecule has 0 amide bonds. The molecule has 1 N–H and O–H groups in total. The lowest BCUT2D eigenvalue weighted by molar-refractivity contribution is -0.161. The Kier molecular flexibility index (Phi) is 2.45. The highest BCUT2D eigenvalue weighted by molar-refractivity contribution is 5.81. The highest BCUT2D eigenvalue weighted by Crippen LogP contribution is 2.72. The number of nitrogens with zero attached hydrogens (tertiary/aromatic N) is 1. The lowest BCUT2D eigenvalue weighted by Gasteiger charge is -2.60. The van der Waals surface area contributed by atoms with Gasteiger partial charge in [0.2, 0.25) is 0 Å². The highest BCUT2D eigenvalue weighted by atomic mass is 16.6. The summed E-state index contributed by atoms with van der Waals surface area (Å²) in [5.41, 5.74) is 2.89. The van der Waals surface area contributed by atoms with E-state index < -0.39 is 5.72 Å². The van der Waals surface area contributed by atoms with Gasteiger partial charge in [0.15, 0.2) is 5.72 Å². The number of para-hydroxylation sites is 1. The zero-order valence-corrected chi connectivity index (χ0v) is 14.5. The van der Waals surface area contributed by atoms with Crippen molar-refractivity contribution in [3.05, 3.63) is 41.5 Å². The zero-order chi connectivity index (χ0) is 17.0. The van der Waals surface area contributed by atoms with Gasteiger partial charge in [-0.25, -0.2) is 0 Å². The van der Waals surface area contributed by atoms with E-state index in [0.29, 0.717) is 6.04 Å². The predicted molar refractivity (Wildman–Crippen MR) is 91.8 cm³/mol. The summed E-state index contributed by atoms with van der Waals surface area (Å²) >= 11 is 0. The van der Waals surface area contributed by atoms with Crippen LogP contribution in [0.15, 0.2) is 35.9 Å². The summed E-state index contributed by atoms with van der Waals surface area (Å²) in [4.78, 5) is 15.6. The number of ether oxygens (including phenoxy) is 2. The average molecular weight is 338 g/mol. The molecule has 5 heteroatoms. The Balaban J connectivity index is 1.67. The van der Waals surface area contributed by atoms with Gasteiger partial charge in [0.1, 0.15) is 6.23 Å². The van der Waals surface area contributed by atoms with Crippen LogP contribution in [-0.4, -0.2) is 42.5 Å². The Morgan fingerprint density at radius 3 is 3.08 bits per heavy atom. The molecule has 4 bridgehead atoms. The van der Waals surface area contributed by atoms with Crippen molar-refractivity contribution in [1.82, 2.24) is 4.90 Å². The fourth-order valence-electron chi connectivity index (χ4n) is 6.75. The summed E-state index contributed by atoms with van der Waals surface area (Å²) < 4.78 is 12.0. The first-order valence-corrected chi connectivity index (χ1v) is 9.20. The maximum absolute atomic E-state index is 13.1. The van der Waals surface area contributed by atoms with Gasteiger partial charge >= 0.3 is 5.97 Å². The first-order valence-electron chi connectivity index (χ1n) is 9.20. The number of methoxy groups -OCH3 is 1. The molecule has 130 valence electrons. The molecule has 1 aliphatic carbocycles. The third-order valence-corrected chi connectivity index (χ3v) is 7.53. The van der Waals surface area contributed by atoms with E-state index in [4.69, 9.17) is 9.47 Å². The van der Waals surface area contributed by atoms with E-state index >= 15 is 0 Å². The Morgan fingerprint density at radius 1 is 1.44 bits per heavy atom. The second-order valence-corrected chi connectivity index (χ2v) is 8.05. The van der Waals surface area contributed by atoms with Crippen molar-refractivity contribution in [3.63, 3.8) is 0 Å². The molecule has 1 aromatic rings. The van der Waals surface area contributed by atoms with Gasteiger partial charge in [0, 0.05) is 18.7 Å². The van der Waals surface area contributed by atoms with Crippen molar-refractivity contribution < 1.29 is 14.3 Å². The quantitative estimate of drug-likeness (QED) is 0.629. The number of piperidine rings is 2. The molecule has 1 aromatic carbocycles. The van der Waals surface area contributed by atoms with Crippen molar-refractivity contribution in [3.8, 4) is 0 Å². The normalized spacial score (nSPS) is 46.9. The number of anilines is 1. The average Bonchev–Trinajstić information content (AvgIpc) is 3.22. The SMILES string of the molecule is C/C=C1/CN2[C@@H]3C[C@@]45c6ccccc6N[C@]4(O3)[C@@H]2C[C@@H]1[C@@H]5C(=O)OC. The maximum atomic E-state index is 13.1. The molecule has 0 aromatic heterocycles. The van der Waals surface area contributed by atoms with E-state index in [1.165, 1.54) is 18.2 Å². The Bertz CT molecular complexity index is 836. The van der Waals surface area contributed by atoms with Crippen molar-refractivity contribution in [1.29, 1.82) is 0 Å². The Hall–Kier alpha value is -1.85. The number of rotatable bonds is 1. The number of hydrogen-bond donors (Lipinski definition) is 1. The molecule has 0 radical (unpaired) electrons. The van der Waals surface area contributed by atoms with Crippen LogP contribution in [0.1, 0.15) is 25.3 Å². The molecule has 5 aliphatic rings. The van der Waals surface area contributed by atoms with Crippen LogP contribution in [0.25, 0.3) is 0 Å². The van der Waals surface area contributed by atoms with Crippen LogP contribution < -0.4 is 5.32 Å². The lowest BCUT2D eigenvalue weighted by Crippen LogP contribution is -2.73. The number of nitrogens with one attached hydrogen (secondary N) is 1. The molecule has 4 fully saturated rings. The van der Waals surface area contributed by atoms with Gasteiger partial charge in [-0.2, -0.15) is 0 Å². The first kappa shape index (κ1) is 14.3. The topological polar surface area (TPSA) is 50.8 Å². The Morgan fingerprint density at radius 2 is 2.28 bits per heavy atom. The van der Waals surface area contributed by atoms with E-state index in [1.807, 2.05) is 0 Å². The molecular weight excluding hydrogens is 316 g/mol. The fraction of sp³-hybridized carbons (Fsp3) is 0.550. The van der Waals surface area contributed by atoms with Crippen LogP contribution in [-0.2, 0) is 19.7 Å². The van der Waals surface area contributed by atoms with Crippen LogP contribution in [0.4, 0.5) is 5.69 Å². The monoisotopic (exact) mass is 338 g/mol. The first-order chi connectivity index (χ1) is 12.2. The molecule has 4 heterocycles. The van der Waals surface area contributed by atoms with Crippen molar-refractivity contribution in [2.24, 2.45) is 11.8 Å². The molecule has 1 spiro atoms. The maximum Gasteiger partial charge on any atom is 0.310 e. The van der Waals surface area contributed by atoms with E-state index in [1.54, 1.807) is 0 Å². The number of allylic oxidation sites excluding steroid dienone is 1. The van der Waals surface area contributed by atoms with Gasteiger partial charge in [-0.15, -0.1) is 0 Å². The number of benzene rings is 1. The summed E-state index contributed by atoms with van der Waals surface area (Å²) in [5.74, 6) is -0.0451. The molecule has 6 atom stereocenters. The molecular formula is C20H22N2O3. The number of esters is 1. The molecule has 0 unspecified atom stereocenters. The van der Waals surface area contributed by atoms with Crippen molar-refractivity contribution in [2.45, 2.75) is 43.2 Å². The number of hydrogen-bond acceptors (Lipinski definition) is 5. The van der Waals surface area contributed by atoms with Gasteiger partial charge in [-0.3, -0.25) is 9.69 Å². The van der Waals surface area contributed by atoms with Crippen LogP contribution in [0.5, 0.6) is 0 Å². The number of fused-ring (bicyclic) bond motifs is 4. The Labute approximate surface area is 147 Å².